The van der Waals surface area contributed by atoms with E-state index >= 15 is 0 Å². The predicted octanol–water partition coefficient (Wildman–Crippen LogP) is 3.63. The molecule has 1 amide bonds. The topological polar surface area (TPSA) is 76.1 Å². The number of carbonyl (C=O) groups is 2. The van der Waals surface area contributed by atoms with Gasteiger partial charge in [-0.3, -0.25) is 9.59 Å². The molecular formula is C23H27NO5. The second-order valence-corrected chi connectivity index (χ2v) is 7.20. The smallest absolute Gasteiger partial charge is 0.305 e. The van der Waals surface area contributed by atoms with Crippen LogP contribution in [0.2, 0.25) is 0 Å². The number of aliphatic carboxylic acids is 1. The maximum absolute atomic E-state index is 12.9. The number of carboxylic acid groups (broad SMARTS) is 1. The van der Waals surface area contributed by atoms with Crippen molar-refractivity contribution in [1.82, 2.24) is 4.90 Å². The molecule has 0 saturated heterocycles. The van der Waals surface area contributed by atoms with Crippen LogP contribution in [0.15, 0.2) is 42.5 Å². The largest absolute Gasteiger partial charge is 0.493 e. The number of rotatable bonds is 8. The zero-order valence-corrected chi connectivity index (χ0v) is 16.9. The molecule has 1 heterocycles. The predicted molar refractivity (Wildman–Crippen MR) is 109 cm³/mol. The van der Waals surface area contributed by atoms with E-state index < -0.39 is 12.0 Å². The van der Waals surface area contributed by atoms with Gasteiger partial charge < -0.3 is 19.5 Å². The lowest BCUT2D eigenvalue weighted by Crippen LogP contribution is -2.41. The van der Waals surface area contributed by atoms with E-state index in [1.807, 2.05) is 30.3 Å². The first-order valence-corrected chi connectivity index (χ1v) is 9.83. The molecule has 0 aromatic heterocycles. The number of hydrogen-bond donors (Lipinski definition) is 1. The Morgan fingerprint density at radius 2 is 1.79 bits per heavy atom. The summed E-state index contributed by atoms with van der Waals surface area (Å²) in [6.45, 7) is 0.505. The number of hydrogen-bond acceptors (Lipinski definition) is 4. The SMILES string of the molecule is COc1cc2c(cc1OC)C(CC(=O)O)N(C(=O)CCCc1ccccc1)CC2. The van der Waals surface area contributed by atoms with Gasteiger partial charge in [0.25, 0.3) is 0 Å². The molecule has 6 nitrogen and oxygen atoms in total. The molecule has 1 aliphatic heterocycles. The molecule has 1 atom stereocenters. The standard InChI is InChI=1S/C23H27NO5/c1-28-20-13-17-11-12-24(19(15-23(26)27)18(17)14-21(20)29-2)22(25)10-6-9-16-7-4-3-5-8-16/h3-5,7-8,13-14,19H,6,9-12,15H2,1-2H3,(H,26,27). The summed E-state index contributed by atoms with van der Waals surface area (Å²) < 4.78 is 10.8. The highest BCUT2D eigenvalue weighted by molar-refractivity contribution is 5.78. The Morgan fingerprint density at radius 1 is 1.10 bits per heavy atom. The van der Waals surface area contributed by atoms with E-state index in [-0.39, 0.29) is 12.3 Å². The maximum Gasteiger partial charge on any atom is 0.305 e. The molecule has 2 aromatic carbocycles. The van der Waals surface area contributed by atoms with Gasteiger partial charge in [-0.05, 0) is 48.1 Å². The summed E-state index contributed by atoms with van der Waals surface area (Å²) in [6.07, 6.45) is 2.49. The maximum atomic E-state index is 12.9. The second kappa shape index (κ2) is 9.45. The molecule has 1 N–H and O–H groups in total. The summed E-state index contributed by atoms with van der Waals surface area (Å²) in [5.74, 6) is 0.218. The minimum atomic E-state index is -0.931. The first kappa shape index (κ1) is 20.7. The molecule has 6 heteroatoms. The number of carbonyl (C=O) groups excluding carboxylic acids is 1. The highest BCUT2D eigenvalue weighted by Gasteiger charge is 2.33. The van der Waals surface area contributed by atoms with Gasteiger partial charge in [-0.2, -0.15) is 0 Å². The van der Waals surface area contributed by atoms with Crippen molar-refractivity contribution in [2.24, 2.45) is 0 Å². The van der Waals surface area contributed by atoms with Crippen molar-refractivity contribution in [2.75, 3.05) is 20.8 Å². The zero-order valence-electron chi connectivity index (χ0n) is 16.9. The molecular weight excluding hydrogens is 370 g/mol. The molecule has 154 valence electrons. The highest BCUT2D eigenvalue weighted by Crippen LogP contribution is 2.39. The van der Waals surface area contributed by atoms with Crippen LogP contribution in [0.4, 0.5) is 0 Å². The number of carboxylic acids is 1. The lowest BCUT2D eigenvalue weighted by Gasteiger charge is -2.37. The molecule has 2 aromatic rings. The van der Waals surface area contributed by atoms with Gasteiger partial charge in [0.15, 0.2) is 11.5 Å². The molecule has 0 saturated carbocycles. The summed E-state index contributed by atoms with van der Waals surface area (Å²) in [6, 6.07) is 13.3. The van der Waals surface area contributed by atoms with Crippen molar-refractivity contribution in [3.05, 3.63) is 59.2 Å². The van der Waals surface area contributed by atoms with Crippen LogP contribution < -0.4 is 9.47 Å². The Bertz CT molecular complexity index is 865. The van der Waals surface area contributed by atoms with Crippen molar-refractivity contribution in [1.29, 1.82) is 0 Å². The molecule has 0 spiro atoms. The summed E-state index contributed by atoms with van der Waals surface area (Å²) >= 11 is 0. The normalized spacial score (nSPS) is 15.5. The fraction of sp³-hybridized carbons (Fsp3) is 0.391. The zero-order chi connectivity index (χ0) is 20.8. The van der Waals surface area contributed by atoms with Crippen LogP contribution in [-0.2, 0) is 22.4 Å². The van der Waals surface area contributed by atoms with Gasteiger partial charge in [-0.1, -0.05) is 30.3 Å². The monoisotopic (exact) mass is 397 g/mol. The highest BCUT2D eigenvalue weighted by atomic mass is 16.5. The van der Waals surface area contributed by atoms with Crippen molar-refractivity contribution < 1.29 is 24.2 Å². The quantitative estimate of drug-likeness (QED) is 0.736. The average molecular weight is 397 g/mol. The van der Waals surface area contributed by atoms with Crippen LogP contribution in [0.3, 0.4) is 0 Å². The molecule has 1 aliphatic rings. The van der Waals surface area contributed by atoms with E-state index in [4.69, 9.17) is 9.47 Å². The third-order valence-corrected chi connectivity index (χ3v) is 5.39. The molecule has 0 bridgehead atoms. The van der Waals surface area contributed by atoms with E-state index in [9.17, 15) is 14.7 Å². The number of aryl methyl sites for hydroxylation is 1. The van der Waals surface area contributed by atoms with Gasteiger partial charge in [-0.15, -0.1) is 0 Å². The van der Waals surface area contributed by atoms with E-state index in [2.05, 4.69) is 12.1 Å². The number of amides is 1. The Labute approximate surface area is 171 Å². The molecule has 3 rings (SSSR count). The lowest BCUT2D eigenvalue weighted by atomic mass is 9.89. The Hall–Kier alpha value is -3.02. The molecule has 0 aliphatic carbocycles. The number of fused-ring (bicyclic) bond motifs is 1. The lowest BCUT2D eigenvalue weighted by molar-refractivity contribution is -0.141. The summed E-state index contributed by atoms with van der Waals surface area (Å²) in [5.41, 5.74) is 3.03. The third-order valence-electron chi connectivity index (χ3n) is 5.39. The fourth-order valence-electron chi connectivity index (χ4n) is 3.94. The van der Waals surface area contributed by atoms with Gasteiger partial charge in [0.2, 0.25) is 5.91 Å². The van der Waals surface area contributed by atoms with Crippen molar-refractivity contribution in [3.8, 4) is 11.5 Å². The number of methoxy groups -OCH3 is 2. The van der Waals surface area contributed by atoms with Crippen LogP contribution in [0.5, 0.6) is 11.5 Å². The summed E-state index contributed by atoms with van der Waals surface area (Å²) in [7, 11) is 3.12. The van der Waals surface area contributed by atoms with Crippen LogP contribution >= 0.6 is 0 Å². The number of benzene rings is 2. The van der Waals surface area contributed by atoms with Gasteiger partial charge in [-0.25, -0.2) is 0 Å². The van der Waals surface area contributed by atoms with Gasteiger partial charge in [0.1, 0.15) is 0 Å². The Kier molecular flexibility index (Phi) is 6.75. The van der Waals surface area contributed by atoms with Crippen LogP contribution in [0.25, 0.3) is 0 Å². The summed E-state index contributed by atoms with van der Waals surface area (Å²) in [5, 5.41) is 9.45. The first-order valence-electron chi connectivity index (χ1n) is 9.83. The second-order valence-electron chi connectivity index (χ2n) is 7.20. The molecule has 0 fully saturated rings. The third kappa shape index (κ3) is 4.88. The Morgan fingerprint density at radius 3 is 2.45 bits per heavy atom. The first-order chi connectivity index (χ1) is 14.0. The van der Waals surface area contributed by atoms with E-state index in [0.717, 1.165) is 24.0 Å². The summed E-state index contributed by atoms with van der Waals surface area (Å²) in [4.78, 5) is 26.2. The minimum Gasteiger partial charge on any atom is -0.493 e. The molecule has 1 unspecified atom stereocenters. The van der Waals surface area contributed by atoms with Crippen LogP contribution in [0.1, 0.15) is 42.0 Å². The molecule has 0 radical (unpaired) electrons. The Balaban J connectivity index is 1.78. The van der Waals surface area contributed by atoms with E-state index in [1.165, 1.54) is 5.56 Å². The van der Waals surface area contributed by atoms with Crippen molar-refractivity contribution >= 4 is 11.9 Å². The van der Waals surface area contributed by atoms with Gasteiger partial charge in [0, 0.05) is 13.0 Å². The van der Waals surface area contributed by atoms with Crippen molar-refractivity contribution in [2.45, 2.75) is 38.1 Å². The van der Waals surface area contributed by atoms with Gasteiger partial charge >= 0.3 is 5.97 Å². The molecule has 29 heavy (non-hydrogen) atoms. The van der Waals surface area contributed by atoms with E-state index in [0.29, 0.717) is 30.9 Å². The number of ether oxygens (including phenoxy) is 2. The van der Waals surface area contributed by atoms with Crippen molar-refractivity contribution in [3.63, 3.8) is 0 Å². The number of nitrogens with zero attached hydrogens (tertiary/aromatic N) is 1. The van der Waals surface area contributed by atoms with Gasteiger partial charge in [0.05, 0.1) is 26.7 Å². The minimum absolute atomic E-state index is 0.00684. The van der Waals surface area contributed by atoms with Crippen LogP contribution in [-0.4, -0.2) is 42.6 Å². The fourth-order valence-corrected chi connectivity index (χ4v) is 3.94. The average Bonchev–Trinajstić information content (AvgIpc) is 2.73. The van der Waals surface area contributed by atoms with E-state index in [1.54, 1.807) is 19.1 Å². The van der Waals surface area contributed by atoms with Crippen LogP contribution in [0, 0.1) is 0 Å².